The van der Waals surface area contributed by atoms with Crippen molar-refractivity contribution in [3.63, 3.8) is 0 Å². The molecule has 0 bridgehead atoms. The van der Waals surface area contributed by atoms with Crippen LogP contribution in [-0.4, -0.2) is 23.6 Å². The highest BCUT2D eigenvalue weighted by Gasteiger charge is 2.11. The van der Waals surface area contributed by atoms with Gasteiger partial charge in [0.15, 0.2) is 6.61 Å². The van der Waals surface area contributed by atoms with E-state index in [9.17, 15) is 14.0 Å². The van der Waals surface area contributed by atoms with Crippen LogP contribution in [0.2, 0.25) is 5.02 Å². The van der Waals surface area contributed by atoms with Gasteiger partial charge in [-0.15, -0.1) is 0 Å². The Morgan fingerprint density at radius 1 is 1.18 bits per heavy atom. The van der Waals surface area contributed by atoms with Gasteiger partial charge in [0.25, 0.3) is 5.91 Å². The zero-order chi connectivity index (χ0) is 16.1. The smallest absolute Gasteiger partial charge is 0.338 e. The second kappa shape index (κ2) is 6.91. The third kappa shape index (κ3) is 4.20. The van der Waals surface area contributed by atoms with Gasteiger partial charge in [0, 0.05) is 5.69 Å². The normalized spacial score (nSPS) is 10.1. The molecule has 0 saturated heterocycles. The molecule has 0 unspecified atom stereocenters. The topological polar surface area (TPSA) is 75.6 Å². The summed E-state index contributed by atoms with van der Waals surface area (Å²) in [5.74, 6) is -1.87. The minimum absolute atomic E-state index is 0.0162. The number of esters is 1. The van der Waals surface area contributed by atoms with Crippen LogP contribution in [0, 0.1) is 5.82 Å². The maximum atomic E-state index is 13.0. The molecule has 0 atom stereocenters. The number of phenols is 1. The van der Waals surface area contributed by atoms with Crippen molar-refractivity contribution in [2.45, 2.75) is 0 Å². The van der Waals surface area contributed by atoms with E-state index in [0.717, 1.165) is 6.07 Å². The molecule has 0 spiro atoms. The van der Waals surface area contributed by atoms with Crippen LogP contribution in [0.15, 0.2) is 42.5 Å². The van der Waals surface area contributed by atoms with Crippen molar-refractivity contribution in [3.8, 4) is 5.75 Å². The number of hydrogen-bond acceptors (Lipinski definition) is 4. The van der Waals surface area contributed by atoms with Crippen molar-refractivity contribution in [1.82, 2.24) is 0 Å². The molecule has 2 aromatic rings. The average molecular weight is 324 g/mol. The summed E-state index contributed by atoms with van der Waals surface area (Å²) < 4.78 is 17.8. The number of carbonyl (C=O) groups is 2. The highest BCUT2D eigenvalue weighted by Crippen LogP contribution is 2.19. The Morgan fingerprint density at radius 2 is 1.86 bits per heavy atom. The van der Waals surface area contributed by atoms with Crippen LogP contribution < -0.4 is 5.32 Å². The molecule has 2 aromatic carbocycles. The van der Waals surface area contributed by atoms with Gasteiger partial charge in [-0.25, -0.2) is 9.18 Å². The zero-order valence-electron chi connectivity index (χ0n) is 11.2. The molecule has 2 N–H and O–H groups in total. The number of benzene rings is 2. The Bertz CT molecular complexity index is 703. The molecule has 0 saturated carbocycles. The van der Waals surface area contributed by atoms with Crippen LogP contribution in [0.1, 0.15) is 10.4 Å². The minimum Gasteiger partial charge on any atom is -0.508 e. The van der Waals surface area contributed by atoms with E-state index in [2.05, 4.69) is 5.32 Å². The first kappa shape index (κ1) is 15.8. The highest BCUT2D eigenvalue weighted by atomic mass is 35.5. The van der Waals surface area contributed by atoms with Crippen LogP contribution in [0.3, 0.4) is 0 Å². The van der Waals surface area contributed by atoms with E-state index in [-0.39, 0.29) is 22.0 Å². The van der Waals surface area contributed by atoms with E-state index in [0.29, 0.717) is 0 Å². The number of phenolic OH excluding ortho intramolecular Hbond substituents is 1. The van der Waals surface area contributed by atoms with Crippen LogP contribution in [0.4, 0.5) is 10.1 Å². The fourth-order valence-corrected chi connectivity index (χ4v) is 1.76. The van der Waals surface area contributed by atoms with Gasteiger partial charge in [-0.05, 0) is 42.5 Å². The molecule has 0 fully saturated rings. The van der Waals surface area contributed by atoms with E-state index in [4.69, 9.17) is 21.4 Å². The molecule has 0 aromatic heterocycles. The molecular weight excluding hydrogens is 313 g/mol. The summed E-state index contributed by atoms with van der Waals surface area (Å²) in [6.07, 6.45) is 0. The molecule has 0 aliphatic rings. The molecule has 114 valence electrons. The summed E-state index contributed by atoms with van der Waals surface area (Å²) in [7, 11) is 0. The van der Waals surface area contributed by atoms with E-state index in [1.54, 1.807) is 0 Å². The van der Waals surface area contributed by atoms with Crippen LogP contribution in [0.5, 0.6) is 5.75 Å². The summed E-state index contributed by atoms with van der Waals surface area (Å²) in [5, 5.41) is 11.4. The number of hydrogen-bond donors (Lipinski definition) is 2. The lowest BCUT2D eigenvalue weighted by Gasteiger charge is -2.07. The lowest BCUT2D eigenvalue weighted by Crippen LogP contribution is -2.20. The highest BCUT2D eigenvalue weighted by molar-refractivity contribution is 6.31. The van der Waals surface area contributed by atoms with Crippen molar-refractivity contribution >= 4 is 29.2 Å². The van der Waals surface area contributed by atoms with Crippen LogP contribution in [-0.2, 0) is 9.53 Å². The Hall–Kier alpha value is -2.60. The summed E-state index contributed by atoms with van der Waals surface area (Å²) >= 11 is 5.59. The number of ether oxygens (including phenoxy) is 1. The molecule has 22 heavy (non-hydrogen) atoms. The standard InChI is InChI=1S/C15H11ClFNO4/c16-12-7-10(3-6-13(12)17)18-14(20)8-22-15(21)9-1-4-11(19)5-2-9/h1-7,19H,8H2,(H,18,20). The van der Waals surface area contributed by atoms with Crippen molar-refractivity contribution in [2.24, 2.45) is 0 Å². The van der Waals surface area contributed by atoms with Crippen molar-refractivity contribution in [1.29, 1.82) is 0 Å². The molecule has 0 radical (unpaired) electrons. The Kier molecular flexibility index (Phi) is 4.95. The lowest BCUT2D eigenvalue weighted by molar-refractivity contribution is -0.119. The SMILES string of the molecule is O=C(COC(=O)c1ccc(O)cc1)Nc1ccc(F)c(Cl)c1. The zero-order valence-corrected chi connectivity index (χ0v) is 11.9. The van der Waals surface area contributed by atoms with Gasteiger partial charge in [-0.3, -0.25) is 4.79 Å². The summed E-state index contributed by atoms with van der Waals surface area (Å²) in [5.41, 5.74) is 0.493. The molecule has 5 nitrogen and oxygen atoms in total. The number of halogens is 2. The first-order valence-electron chi connectivity index (χ1n) is 6.17. The van der Waals surface area contributed by atoms with Gasteiger partial charge >= 0.3 is 5.97 Å². The fourth-order valence-electron chi connectivity index (χ4n) is 1.58. The predicted octanol–water partition coefficient (Wildman–Crippen LogP) is 2.98. The quantitative estimate of drug-likeness (QED) is 0.848. The third-order valence-corrected chi connectivity index (χ3v) is 2.93. The Balaban J connectivity index is 1.88. The van der Waals surface area contributed by atoms with Gasteiger partial charge in [-0.2, -0.15) is 0 Å². The van der Waals surface area contributed by atoms with Gasteiger partial charge < -0.3 is 15.2 Å². The van der Waals surface area contributed by atoms with Crippen LogP contribution in [0.25, 0.3) is 0 Å². The Morgan fingerprint density at radius 3 is 2.50 bits per heavy atom. The fraction of sp³-hybridized carbons (Fsp3) is 0.0667. The summed E-state index contributed by atoms with van der Waals surface area (Å²) in [4.78, 5) is 23.3. The minimum atomic E-state index is -0.702. The van der Waals surface area contributed by atoms with Crippen molar-refractivity contribution in [3.05, 3.63) is 58.9 Å². The summed E-state index contributed by atoms with van der Waals surface area (Å²) in [6.45, 7) is -0.505. The number of anilines is 1. The number of carbonyl (C=O) groups excluding carboxylic acids is 2. The molecule has 0 heterocycles. The monoisotopic (exact) mass is 323 g/mol. The van der Waals surface area contributed by atoms with E-state index >= 15 is 0 Å². The van der Waals surface area contributed by atoms with Gasteiger partial charge in [0.05, 0.1) is 10.6 Å². The molecule has 0 aliphatic heterocycles. The Labute approximate surface area is 130 Å². The van der Waals surface area contributed by atoms with Crippen LogP contribution >= 0.6 is 11.6 Å². The molecule has 2 rings (SSSR count). The van der Waals surface area contributed by atoms with E-state index < -0.39 is 24.3 Å². The van der Waals surface area contributed by atoms with E-state index in [1.807, 2.05) is 0 Å². The second-order valence-corrected chi connectivity index (χ2v) is 4.71. The van der Waals surface area contributed by atoms with Gasteiger partial charge in [0.1, 0.15) is 11.6 Å². The first-order chi connectivity index (χ1) is 10.5. The number of nitrogens with one attached hydrogen (secondary N) is 1. The largest absolute Gasteiger partial charge is 0.508 e. The molecular formula is C15H11ClFNO4. The first-order valence-corrected chi connectivity index (χ1v) is 6.54. The number of aromatic hydroxyl groups is 1. The maximum Gasteiger partial charge on any atom is 0.338 e. The average Bonchev–Trinajstić information content (AvgIpc) is 2.49. The molecule has 7 heteroatoms. The third-order valence-electron chi connectivity index (χ3n) is 2.64. The van der Waals surface area contributed by atoms with Gasteiger partial charge in [-0.1, -0.05) is 11.6 Å². The van der Waals surface area contributed by atoms with Gasteiger partial charge in [0.2, 0.25) is 0 Å². The summed E-state index contributed by atoms with van der Waals surface area (Å²) in [6, 6.07) is 9.09. The van der Waals surface area contributed by atoms with Crippen molar-refractivity contribution < 1.29 is 23.8 Å². The van der Waals surface area contributed by atoms with E-state index in [1.165, 1.54) is 36.4 Å². The number of rotatable bonds is 4. The molecule has 1 amide bonds. The second-order valence-electron chi connectivity index (χ2n) is 4.30. The van der Waals surface area contributed by atoms with Crippen molar-refractivity contribution in [2.75, 3.05) is 11.9 Å². The maximum absolute atomic E-state index is 13.0. The predicted molar refractivity (Wildman–Crippen MR) is 78.4 cm³/mol. The number of amides is 1. The molecule has 0 aliphatic carbocycles. The lowest BCUT2D eigenvalue weighted by atomic mass is 10.2.